The first-order valence-electron chi connectivity index (χ1n) is 36.8. The van der Waals surface area contributed by atoms with Crippen molar-refractivity contribution < 1.29 is 49.0 Å². The first-order valence-corrected chi connectivity index (χ1v) is 39.6. The Morgan fingerprint density at radius 2 is 0.802 bits per heavy atom. The van der Waals surface area contributed by atoms with E-state index in [9.17, 15) is 34.8 Å². The van der Waals surface area contributed by atoms with Crippen LogP contribution in [0.2, 0.25) is 0 Å². The number of rotatable bonds is 13. The van der Waals surface area contributed by atoms with E-state index in [1.807, 2.05) is 144 Å². The molecule has 0 bridgehead atoms. The summed E-state index contributed by atoms with van der Waals surface area (Å²) in [7, 11) is 0. The molecule has 4 N–H and O–H groups in total. The van der Waals surface area contributed by atoms with Crippen molar-refractivity contribution in [2.45, 2.75) is 315 Å². The zero-order valence-corrected chi connectivity index (χ0v) is 67.1. The number of hydrogen-bond donors (Lipinski definition) is 4. The molecule has 0 saturated heterocycles. The smallest absolute Gasteiger partial charge is 0.337 e. The third-order valence-electron chi connectivity index (χ3n) is 18.6. The lowest BCUT2D eigenvalue weighted by molar-refractivity contribution is -0.160. The number of nitrogens with zero attached hydrogens (tertiary/aromatic N) is 3. The van der Waals surface area contributed by atoms with Crippen LogP contribution in [0.4, 0.5) is 0 Å². The summed E-state index contributed by atoms with van der Waals surface area (Å²) in [6.45, 7) is 42.4. The fraction of sp³-hybridized carbons (Fsp3) is 0.571. The second-order valence-electron chi connectivity index (χ2n) is 29.4. The van der Waals surface area contributed by atoms with Crippen molar-refractivity contribution in [3.8, 4) is 0 Å². The molecular weight excluding hydrogens is 1340 g/mol. The molecule has 0 aromatic carbocycles. The molecule has 6 aliphatic carbocycles. The first-order chi connectivity index (χ1) is 47.2. The quantitative estimate of drug-likeness (QED) is 0.0853. The minimum atomic E-state index is -1.15. The van der Waals surface area contributed by atoms with E-state index < -0.39 is 41.1 Å². The molecule has 6 heterocycles. The average Bonchev–Trinajstić information content (AvgIpc) is 1.67. The van der Waals surface area contributed by atoms with Crippen LogP contribution in [0.25, 0.3) is 30.6 Å². The molecule has 0 saturated carbocycles. The molecule has 101 heavy (non-hydrogen) atoms. The summed E-state index contributed by atoms with van der Waals surface area (Å²) in [6, 6.07) is 0. The van der Waals surface area contributed by atoms with Crippen LogP contribution in [0.1, 0.15) is 321 Å². The first kappa shape index (κ1) is 84.1. The van der Waals surface area contributed by atoms with Crippen LogP contribution in [0.3, 0.4) is 0 Å². The number of carbonyl (C=O) groups excluding carboxylic acids is 2. The van der Waals surface area contributed by atoms with Crippen LogP contribution >= 0.6 is 45.6 Å². The van der Waals surface area contributed by atoms with E-state index >= 15 is 0 Å². The molecule has 0 aliphatic heterocycles. The Kier molecular flexibility index (Phi) is 29.8. The monoisotopic (exact) mass is 1460 g/mol. The Balaban J connectivity index is 0.000000229. The van der Waals surface area contributed by atoms with Gasteiger partial charge in [0.15, 0.2) is 17.7 Å². The molecule has 6 aliphatic rings. The number of aryl methyl sites for hydroxylation is 9. The number of carboxylic acids is 1. The van der Waals surface area contributed by atoms with Crippen molar-refractivity contribution in [2.75, 3.05) is 0 Å². The van der Waals surface area contributed by atoms with Gasteiger partial charge in [0.2, 0.25) is 0 Å². The summed E-state index contributed by atoms with van der Waals surface area (Å²) in [5.74, 6) is -0.978. The number of aliphatic hydroxyl groups is 3. The number of carbonyl (C=O) groups is 3. The number of Topliss-reactive ketones (excluding diaryl/α,β-unsaturated/α-hetero) is 2. The molecular formula is C84H118ClN3O10S3. The van der Waals surface area contributed by atoms with Crippen molar-refractivity contribution in [1.29, 1.82) is 0 Å². The van der Waals surface area contributed by atoms with Gasteiger partial charge < -0.3 is 34.6 Å². The van der Waals surface area contributed by atoms with Crippen molar-refractivity contribution >= 4 is 93.8 Å². The molecule has 0 spiro atoms. The van der Waals surface area contributed by atoms with Gasteiger partial charge in [0.1, 0.15) is 44.0 Å². The lowest BCUT2D eigenvalue weighted by Gasteiger charge is -2.31. The number of aliphatic hydroxyl groups excluding tert-OH is 3. The van der Waals surface area contributed by atoms with Crippen LogP contribution in [0.5, 0.6) is 0 Å². The number of allylic oxidation sites excluding steroid dienone is 12. The number of aliphatic carboxylic acids is 1. The number of carboxylic acid groups (broad SMARTS) is 1. The standard InChI is InChI=1S/C27H35NO3S.C25H30ClNO3S.C25H31NO4S.3C2H6.CH4/c1-7-17-12-13-18(20(30)14-17)23-22(25(16(3)29)31-27(4,5)6)15(2)28-26-24(23)19-10-8-9-11-21(19)32-26;1-13-20(23(14(2)28)30-25(3,4)5)21(16-11-10-15(26)12-18(16)29)22-17-8-6-7-9-19(17)31-24(22)27-13;1-13-10-11-15(17(27)12-13)20-19(22(24(28)29)30-25(3,4)5)14(2)26-23-21(20)16-8-6-7-9-18(16)31-23;3*1-2;/h12,14,18,25,30H,7-11,13H2,1-6H3;10,12,16,23,29H,6-9,11H2,1-5H3;10,12,15,22,27H,6-9,11H2,1-5H3,(H,28,29);3*1-2H3;1H4/t18?,25-;16?,23-;15?,22-;;;;/m110..../s1. The van der Waals surface area contributed by atoms with Crippen LogP contribution in [0, 0.1) is 20.8 Å². The van der Waals surface area contributed by atoms with Gasteiger partial charge in [0.25, 0.3) is 0 Å². The molecule has 3 unspecified atom stereocenters. The molecule has 13 nitrogen and oxygen atoms in total. The van der Waals surface area contributed by atoms with E-state index in [-0.39, 0.29) is 48.3 Å². The molecule has 17 heteroatoms. The molecule has 6 aromatic heterocycles. The maximum absolute atomic E-state index is 12.9. The minimum Gasteiger partial charge on any atom is -0.512 e. The number of pyridine rings is 3. The summed E-state index contributed by atoms with van der Waals surface area (Å²) < 4.78 is 18.7. The second kappa shape index (κ2) is 35.8. The van der Waals surface area contributed by atoms with Crippen LogP contribution in [-0.4, -0.2) is 69.7 Å². The third kappa shape index (κ3) is 19.4. The summed E-state index contributed by atoms with van der Waals surface area (Å²) >= 11 is 11.4. The molecule has 0 radical (unpaired) electrons. The molecule has 12 rings (SSSR count). The number of halogens is 1. The van der Waals surface area contributed by atoms with E-state index in [1.54, 1.807) is 60.0 Å². The highest BCUT2D eigenvalue weighted by atomic mass is 35.5. The van der Waals surface area contributed by atoms with Gasteiger partial charge in [-0.25, -0.2) is 19.7 Å². The molecule has 6 aromatic rings. The third-order valence-corrected chi connectivity index (χ3v) is 22.5. The second-order valence-corrected chi connectivity index (χ2v) is 33.1. The predicted molar refractivity (Wildman–Crippen MR) is 424 cm³/mol. The number of ketones is 2. The summed E-state index contributed by atoms with van der Waals surface area (Å²) in [6.07, 6.45) is 25.0. The lowest BCUT2D eigenvalue weighted by atomic mass is 9.80. The van der Waals surface area contributed by atoms with Crippen LogP contribution in [-0.2, 0) is 67.1 Å². The maximum atomic E-state index is 12.9. The normalized spacial score (nSPS) is 18.9. The SMILES string of the molecule is C.CC.CC.CC.CC(=O)[C@@H](OC(C)(C)C)c1c(C)nc2sc3c(c2c1C1CC=C(Cl)C=C1O)CCCC3.CC1=CCC(c2c([C@H](OC(C)(C)C)C(=O)O)c(C)nc3sc4c(c23)CCCC4)C(O)=C1.CCC1=CCC(c2c([C@H](OC(C)(C)C)C(C)=O)c(C)nc3sc4c(c23)CCCC4)C(O)=C1. The van der Waals surface area contributed by atoms with E-state index in [0.717, 1.165) is 145 Å². The molecule has 0 fully saturated rings. The van der Waals surface area contributed by atoms with Gasteiger partial charge in [0.05, 0.1) is 16.8 Å². The van der Waals surface area contributed by atoms with E-state index in [0.29, 0.717) is 34.9 Å². The number of fused-ring (bicyclic) bond motifs is 9. The van der Waals surface area contributed by atoms with Gasteiger partial charge >= 0.3 is 5.97 Å². The Bertz CT molecular complexity index is 3990. The van der Waals surface area contributed by atoms with Crippen LogP contribution < -0.4 is 0 Å². The van der Waals surface area contributed by atoms with Gasteiger partial charge in [-0.1, -0.05) is 91.3 Å². The van der Waals surface area contributed by atoms with E-state index in [1.165, 1.54) is 57.0 Å². The highest BCUT2D eigenvalue weighted by molar-refractivity contribution is 7.19. The molecule has 6 atom stereocenters. The van der Waals surface area contributed by atoms with Gasteiger partial charge in [-0.2, -0.15) is 0 Å². The Hall–Kier alpha value is -5.85. The maximum Gasteiger partial charge on any atom is 0.337 e. The summed E-state index contributed by atoms with van der Waals surface area (Å²) in [5, 5.41) is 47.1. The average molecular weight is 1460 g/mol. The number of ether oxygens (including phenoxy) is 3. The summed E-state index contributed by atoms with van der Waals surface area (Å²) in [4.78, 5) is 60.1. The Labute approximate surface area is 620 Å². The Morgan fingerprint density at radius 1 is 0.495 bits per heavy atom. The van der Waals surface area contributed by atoms with E-state index in [4.69, 9.17) is 40.8 Å². The largest absolute Gasteiger partial charge is 0.512 e. The zero-order valence-electron chi connectivity index (χ0n) is 63.9. The zero-order chi connectivity index (χ0) is 74.2. The fourth-order valence-electron chi connectivity index (χ4n) is 14.7. The van der Waals surface area contributed by atoms with Crippen molar-refractivity contribution in [1.82, 2.24) is 15.0 Å². The van der Waals surface area contributed by atoms with E-state index in [2.05, 4.69) is 19.1 Å². The molecule has 554 valence electrons. The number of aromatic nitrogens is 3. The van der Waals surface area contributed by atoms with Crippen molar-refractivity contribution in [2.24, 2.45) is 0 Å². The highest BCUT2D eigenvalue weighted by Crippen LogP contribution is 2.52. The van der Waals surface area contributed by atoms with Gasteiger partial charge in [-0.05, 0) is 264 Å². The number of hydrogen-bond acceptors (Lipinski definition) is 15. The highest BCUT2D eigenvalue weighted by Gasteiger charge is 2.41. The summed E-state index contributed by atoms with van der Waals surface area (Å²) in [5.41, 5.74) is 12.0. The fourth-order valence-corrected chi connectivity index (χ4v) is 18.8. The lowest BCUT2D eigenvalue weighted by Crippen LogP contribution is -2.29. The topological polar surface area (TPSA) is 198 Å². The van der Waals surface area contributed by atoms with Crippen molar-refractivity contribution in [3.05, 3.63) is 152 Å². The molecule has 0 amide bonds. The van der Waals surface area contributed by atoms with Crippen LogP contribution in [0.15, 0.2) is 69.9 Å². The predicted octanol–water partition coefficient (Wildman–Crippen LogP) is 24.2. The van der Waals surface area contributed by atoms with Gasteiger partial charge in [0, 0.05) is 87.3 Å². The van der Waals surface area contributed by atoms with Gasteiger partial charge in [-0.15, -0.1) is 34.0 Å². The van der Waals surface area contributed by atoms with Gasteiger partial charge in [-0.3, -0.25) is 9.59 Å². The minimum absolute atomic E-state index is 0. The number of thiophene rings is 3. The Morgan fingerprint density at radius 3 is 1.11 bits per heavy atom. The van der Waals surface area contributed by atoms with Crippen molar-refractivity contribution in [3.63, 3.8) is 0 Å².